The van der Waals surface area contributed by atoms with Crippen LogP contribution in [0.15, 0.2) is 67.6 Å². The standard InChI is InChI=1S/C16H12N8O/c25-16(12-1-4-14(5-2-12)24-11-19-21-22-24)20-13-3-6-15(18-9-13)23-8-7-17-10-23/h1-11H,(H,20,25). The maximum Gasteiger partial charge on any atom is 0.255 e. The molecule has 0 bridgehead atoms. The first-order valence-corrected chi connectivity index (χ1v) is 7.39. The van der Waals surface area contributed by atoms with E-state index in [1.54, 1.807) is 65.9 Å². The summed E-state index contributed by atoms with van der Waals surface area (Å²) in [5, 5.41) is 13.8. The first-order chi connectivity index (χ1) is 12.3. The molecule has 4 rings (SSSR count). The van der Waals surface area contributed by atoms with Crippen molar-refractivity contribution < 1.29 is 4.79 Å². The van der Waals surface area contributed by atoms with Crippen molar-refractivity contribution in [3.05, 3.63) is 73.2 Å². The van der Waals surface area contributed by atoms with Crippen LogP contribution in [-0.2, 0) is 0 Å². The predicted molar refractivity (Wildman–Crippen MR) is 88.5 cm³/mol. The number of hydrogen-bond donors (Lipinski definition) is 1. The number of rotatable bonds is 4. The van der Waals surface area contributed by atoms with Gasteiger partial charge >= 0.3 is 0 Å². The topological polar surface area (TPSA) is 103 Å². The molecule has 0 aliphatic heterocycles. The molecule has 3 aromatic heterocycles. The number of carbonyl (C=O) groups excluding carboxylic acids is 1. The van der Waals surface area contributed by atoms with E-state index in [4.69, 9.17) is 0 Å². The normalized spacial score (nSPS) is 10.6. The van der Waals surface area contributed by atoms with Gasteiger partial charge < -0.3 is 5.32 Å². The molecule has 122 valence electrons. The highest BCUT2D eigenvalue weighted by Gasteiger charge is 2.07. The molecule has 0 saturated heterocycles. The van der Waals surface area contributed by atoms with Gasteiger partial charge in [0.25, 0.3) is 5.91 Å². The lowest BCUT2D eigenvalue weighted by Crippen LogP contribution is -2.12. The van der Waals surface area contributed by atoms with E-state index in [-0.39, 0.29) is 5.91 Å². The van der Waals surface area contributed by atoms with Crippen LogP contribution in [0, 0.1) is 0 Å². The van der Waals surface area contributed by atoms with Crippen LogP contribution in [0.25, 0.3) is 11.5 Å². The fourth-order valence-electron chi connectivity index (χ4n) is 2.26. The fourth-order valence-corrected chi connectivity index (χ4v) is 2.26. The van der Waals surface area contributed by atoms with E-state index in [1.165, 1.54) is 11.0 Å². The lowest BCUT2D eigenvalue weighted by Gasteiger charge is -2.07. The highest BCUT2D eigenvalue weighted by molar-refractivity contribution is 6.04. The van der Waals surface area contributed by atoms with Crippen LogP contribution in [0.2, 0.25) is 0 Å². The number of anilines is 1. The van der Waals surface area contributed by atoms with Crippen molar-refractivity contribution in [2.24, 2.45) is 0 Å². The minimum atomic E-state index is -0.222. The average molecular weight is 332 g/mol. The Kier molecular flexibility index (Phi) is 3.71. The minimum Gasteiger partial charge on any atom is -0.321 e. The van der Waals surface area contributed by atoms with E-state index in [9.17, 15) is 4.79 Å². The van der Waals surface area contributed by atoms with Crippen LogP contribution in [0.3, 0.4) is 0 Å². The second-order valence-electron chi connectivity index (χ2n) is 5.13. The molecule has 3 heterocycles. The smallest absolute Gasteiger partial charge is 0.255 e. The van der Waals surface area contributed by atoms with Gasteiger partial charge in [0.15, 0.2) is 0 Å². The average Bonchev–Trinajstić information content (AvgIpc) is 3.36. The molecule has 25 heavy (non-hydrogen) atoms. The summed E-state index contributed by atoms with van der Waals surface area (Å²) in [5.41, 5.74) is 1.90. The molecule has 0 aliphatic rings. The molecule has 0 saturated carbocycles. The maximum absolute atomic E-state index is 12.3. The van der Waals surface area contributed by atoms with Gasteiger partial charge in [0, 0.05) is 18.0 Å². The zero-order chi connectivity index (χ0) is 17.1. The molecule has 4 aromatic rings. The molecular formula is C16H12N8O. The zero-order valence-electron chi connectivity index (χ0n) is 12.9. The third-order valence-corrected chi connectivity index (χ3v) is 3.52. The Morgan fingerprint density at radius 3 is 2.56 bits per heavy atom. The van der Waals surface area contributed by atoms with Crippen molar-refractivity contribution in [2.75, 3.05) is 5.32 Å². The maximum atomic E-state index is 12.3. The molecule has 0 unspecified atom stereocenters. The summed E-state index contributed by atoms with van der Waals surface area (Å²) in [6.07, 6.45) is 8.22. The number of amides is 1. The highest BCUT2D eigenvalue weighted by atomic mass is 16.1. The Balaban J connectivity index is 1.46. The van der Waals surface area contributed by atoms with E-state index >= 15 is 0 Å². The molecule has 0 aliphatic carbocycles. The number of benzene rings is 1. The van der Waals surface area contributed by atoms with Gasteiger partial charge in [0.2, 0.25) is 0 Å². The number of hydrogen-bond acceptors (Lipinski definition) is 6. The molecular weight excluding hydrogens is 320 g/mol. The Labute approximate surface area is 142 Å². The Morgan fingerprint density at radius 1 is 1.04 bits per heavy atom. The number of imidazole rings is 1. The summed E-state index contributed by atoms with van der Waals surface area (Å²) in [6.45, 7) is 0. The summed E-state index contributed by atoms with van der Waals surface area (Å²) in [5.74, 6) is 0.502. The third kappa shape index (κ3) is 3.11. The summed E-state index contributed by atoms with van der Waals surface area (Å²) < 4.78 is 3.30. The van der Waals surface area contributed by atoms with Crippen LogP contribution in [0.1, 0.15) is 10.4 Å². The summed E-state index contributed by atoms with van der Waals surface area (Å²) in [4.78, 5) is 20.6. The predicted octanol–water partition coefficient (Wildman–Crippen LogP) is 1.50. The summed E-state index contributed by atoms with van der Waals surface area (Å²) in [6, 6.07) is 10.5. The minimum absolute atomic E-state index is 0.222. The van der Waals surface area contributed by atoms with Crippen molar-refractivity contribution in [1.82, 2.24) is 34.7 Å². The Morgan fingerprint density at radius 2 is 1.92 bits per heavy atom. The SMILES string of the molecule is O=C(Nc1ccc(-n2ccnc2)nc1)c1ccc(-n2cnnn2)cc1. The van der Waals surface area contributed by atoms with Gasteiger partial charge in [-0.2, -0.15) is 0 Å². The number of tetrazole rings is 1. The van der Waals surface area contributed by atoms with Crippen LogP contribution in [-0.4, -0.2) is 40.6 Å². The van der Waals surface area contributed by atoms with Crippen molar-refractivity contribution in [1.29, 1.82) is 0 Å². The van der Waals surface area contributed by atoms with E-state index in [2.05, 4.69) is 30.8 Å². The number of nitrogens with zero attached hydrogens (tertiary/aromatic N) is 7. The molecule has 0 spiro atoms. The second-order valence-corrected chi connectivity index (χ2v) is 5.13. The third-order valence-electron chi connectivity index (χ3n) is 3.52. The molecule has 0 atom stereocenters. The number of carbonyl (C=O) groups is 1. The molecule has 9 nitrogen and oxygen atoms in total. The van der Waals surface area contributed by atoms with Gasteiger partial charge in [-0.15, -0.1) is 5.10 Å². The van der Waals surface area contributed by atoms with Crippen LogP contribution < -0.4 is 5.32 Å². The van der Waals surface area contributed by atoms with Gasteiger partial charge in [0.1, 0.15) is 18.5 Å². The lowest BCUT2D eigenvalue weighted by molar-refractivity contribution is 0.102. The van der Waals surface area contributed by atoms with Crippen molar-refractivity contribution >= 4 is 11.6 Å². The first kappa shape index (κ1) is 14.7. The van der Waals surface area contributed by atoms with Crippen molar-refractivity contribution in [3.63, 3.8) is 0 Å². The van der Waals surface area contributed by atoms with Crippen molar-refractivity contribution in [3.8, 4) is 11.5 Å². The molecule has 0 fully saturated rings. The highest BCUT2D eigenvalue weighted by Crippen LogP contribution is 2.13. The van der Waals surface area contributed by atoms with E-state index < -0.39 is 0 Å². The number of pyridine rings is 1. The van der Waals surface area contributed by atoms with Gasteiger partial charge in [-0.05, 0) is 46.8 Å². The number of nitrogens with one attached hydrogen (secondary N) is 1. The largest absolute Gasteiger partial charge is 0.321 e. The quantitative estimate of drug-likeness (QED) is 0.607. The first-order valence-electron chi connectivity index (χ1n) is 7.39. The van der Waals surface area contributed by atoms with Gasteiger partial charge in [0.05, 0.1) is 17.6 Å². The fraction of sp³-hybridized carbons (Fsp3) is 0. The van der Waals surface area contributed by atoms with Crippen molar-refractivity contribution in [2.45, 2.75) is 0 Å². The zero-order valence-corrected chi connectivity index (χ0v) is 12.9. The molecule has 1 aromatic carbocycles. The lowest BCUT2D eigenvalue weighted by atomic mass is 10.2. The van der Waals surface area contributed by atoms with Crippen LogP contribution >= 0.6 is 0 Å². The molecule has 1 N–H and O–H groups in total. The summed E-state index contributed by atoms with van der Waals surface area (Å²) in [7, 11) is 0. The molecule has 0 radical (unpaired) electrons. The van der Waals surface area contributed by atoms with E-state index in [0.29, 0.717) is 11.3 Å². The second kappa shape index (κ2) is 6.32. The van der Waals surface area contributed by atoms with E-state index in [1.807, 2.05) is 0 Å². The van der Waals surface area contributed by atoms with Gasteiger partial charge in [-0.1, -0.05) is 0 Å². The molecule has 9 heteroatoms. The monoisotopic (exact) mass is 332 g/mol. The molecule has 1 amide bonds. The Bertz CT molecular complexity index is 960. The van der Waals surface area contributed by atoms with Gasteiger partial charge in [-0.25, -0.2) is 14.6 Å². The van der Waals surface area contributed by atoms with Gasteiger partial charge in [-0.3, -0.25) is 9.36 Å². The summed E-state index contributed by atoms with van der Waals surface area (Å²) >= 11 is 0. The van der Waals surface area contributed by atoms with Crippen LogP contribution in [0.5, 0.6) is 0 Å². The van der Waals surface area contributed by atoms with E-state index in [0.717, 1.165) is 11.5 Å². The van der Waals surface area contributed by atoms with Crippen LogP contribution in [0.4, 0.5) is 5.69 Å². The number of aromatic nitrogens is 7. The Hall–Kier alpha value is -3.88.